The topological polar surface area (TPSA) is 73.9 Å². The Kier molecular flexibility index (Phi) is 14.8. The van der Waals surface area contributed by atoms with Gasteiger partial charge < -0.3 is 20.3 Å². The molecule has 7 nitrogen and oxygen atoms in total. The molecule has 0 radical (unpaired) electrons. The van der Waals surface area contributed by atoms with E-state index in [9.17, 15) is 9.59 Å². The Morgan fingerprint density at radius 1 is 1.20 bits per heavy atom. The summed E-state index contributed by atoms with van der Waals surface area (Å²) in [5.41, 5.74) is 1.34. The minimum Gasteiger partial charge on any atom is -0.378 e. The van der Waals surface area contributed by atoms with Crippen molar-refractivity contribution in [2.45, 2.75) is 64.9 Å². The van der Waals surface area contributed by atoms with E-state index < -0.39 is 0 Å². The Morgan fingerprint density at radius 3 is 2.40 bits per heavy atom. The predicted molar refractivity (Wildman–Crippen MR) is 145 cm³/mol. The molecule has 1 aliphatic rings. The summed E-state index contributed by atoms with van der Waals surface area (Å²) in [6.07, 6.45) is 7.10. The van der Waals surface area contributed by atoms with Gasteiger partial charge in [-0.25, -0.2) is 4.79 Å². The van der Waals surface area contributed by atoms with Crippen LogP contribution in [0.5, 0.6) is 0 Å². The van der Waals surface area contributed by atoms with Crippen LogP contribution in [0.4, 0.5) is 4.79 Å². The van der Waals surface area contributed by atoms with Crippen molar-refractivity contribution in [2.75, 3.05) is 54.4 Å². The minimum absolute atomic E-state index is 0.150. The standard InChI is InChI=1S/C18H30N4O2.C10H20O/c1-15(14-19-2)17(23)22(18(24)20-11-13-21(3)4)12-10-16-8-6-5-7-9-16;1-4-10(11-3)7-5-6-9(2)8-10/h5-9,15,19H,10-14H2,1-4H3,(H,20,24);9H,4-8H2,1-3H3. The van der Waals surface area contributed by atoms with E-state index in [1.807, 2.05) is 63.4 Å². The average molecular weight is 491 g/mol. The maximum atomic E-state index is 12.6. The molecule has 0 heterocycles. The molecule has 3 unspecified atom stereocenters. The van der Waals surface area contributed by atoms with Gasteiger partial charge in [0, 0.05) is 39.2 Å². The first-order valence-corrected chi connectivity index (χ1v) is 13.2. The van der Waals surface area contributed by atoms with Crippen molar-refractivity contribution in [3.05, 3.63) is 35.9 Å². The molecule has 7 heteroatoms. The molecule has 1 aromatic rings. The molecular formula is C28H50N4O3. The molecular weight excluding hydrogens is 440 g/mol. The maximum absolute atomic E-state index is 12.6. The normalized spacial score (nSPS) is 20.5. The van der Waals surface area contributed by atoms with Crippen molar-refractivity contribution in [1.29, 1.82) is 0 Å². The third-order valence-electron chi connectivity index (χ3n) is 6.87. The fraction of sp³-hybridized carbons (Fsp3) is 0.714. The zero-order valence-electron chi connectivity index (χ0n) is 23.2. The Balaban J connectivity index is 0.000000462. The lowest BCUT2D eigenvalue weighted by atomic mass is 9.77. The van der Waals surface area contributed by atoms with E-state index in [1.54, 1.807) is 7.05 Å². The first-order chi connectivity index (χ1) is 16.7. The van der Waals surface area contributed by atoms with Crippen molar-refractivity contribution >= 4 is 11.9 Å². The molecule has 1 aromatic carbocycles. The molecule has 0 bridgehead atoms. The van der Waals surface area contributed by atoms with Crippen LogP contribution in [0.25, 0.3) is 0 Å². The number of hydrogen-bond acceptors (Lipinski definition) is 5. The number of methoxy groups -OCH3 is 1. The zero-order chi connectivity index (χ0) is 26.3. The Morgan fingerprint density at radius 2 is 1.89 bits per heavy atom. The number of rotatable bonds is 11. The number of benzene rings is 1. The molecule has 0 aliphatic heterocycles. The van der Waals surface area contributed by atoms with Gasteiger partial charge in [0.1, 0.15) is 0 Å². The van der Waals surface area contributed by atoms with Crippen molar-refractivity contribution < 1.29 is 14.3 Å². The van der Waals surface area contributed by atoms with Crippen LogP contribution in [0.1, 0.15) is 58.4 Å². The molecule has 1 fully saturated rings. The van der Waals surface area contributed by atoms with E-state index in [-0.39, 0.29) is 23.5 Å². The summed E-state index contributed by atoms with van der Waals surface area (Å²) in [7, 11) is 7.55. The van der Waals surface area contributed by atoms with Gasteiger partial charge in [-0.1, -0.05) is 63.9 Å². The summed E-state index contributed by atoms with van der Waals surface area (Å²) in [5.74, 6) is 0.469. The Bertz CT molecular complexity index is 722. The fourth-order valence-electron chi connectivity index (χ4n) is 4.60. The monoisotopic (exact) mass is 490 g/mol. The van der Waals surface area contributed by atoms with Crippen LogP contribution < -0.4 is 10.6 Å². The second kappa shape index (κ2) is 16.7. The SMILES string of the molecule is CCC1(OC)CCCC(C)C1.CNCC(C)C(=O)N(CCc1ccccc1)C(=O)NCCN(C)C. The van der Waals surface area contributed by atoms with E-state index in [0.717, 1.165) is 18.0 Å². The van der Waals surface area contributed by atoms with Crippen molar-refractivity contribution in [3.63, 3.8) is 0 Å². The molecule has 2 N–H and O–H groups in total. The highest BCUT2D eigenvalue weighted by molar-refractivity contribution is 5.95. The van der Waals surface area contributed by atoms with Gasteiger partial charge in [0.15, 0.2) is 0 Å². The fourth-order valence-corrected chi connectivity index (χ4v) is 4.60. The number of hydrogen-bond donors (Lipinski definition) is 2. The number of ether oxygens (including phenoxy) is 1. The minimum atomic E-state index is -0.319. The number of amides is 3. The van der Waals surface area contributed by atoms with Gasteiger partial charge in [-0.3, -0.25) is 9.69 Å². The van der Waals surface area contributed by atoms with Gasteiger partial charge in [-0.05, 0) is 58.3 Å². The first-order valence-electron chi connectivity index (χ1n) is 13.2. The van der Waals surface area contributed by atoms with Crippen LogP contribution in [0, 0.1) is 11.8 Å². The van der Waals surface area contributed by atoms with Crippen molar-refractivity contribution in [3.8, 4) is 0 Å². The van der Waals surface area contributed by atoms with Gasteiger partial charge in [-0.2, -0.15) is 0 Å². The smallest absolute Gasteiger partial charge is 0.324 e. The molecule has 3 amide bonds. The quantitative estimate of drug-likeness (QED) is 0.487. The summed E-state index contributed by atoms with van der Waals surface area (Å²) in [6.45, 7) is 8.59. The number of carbonyl (C=O) groups is 2. The van der Waals surface area contributed by atoms with Crippen molar-refractivity contribution in [1.82, 2.24) is 20.4 Å². The summed E-state index contributed by atoms with van der Waals surface area (Å²) in [4.78, 5) is 28.4. The number of nitrogens with zero attached hydrogens (tertiary/aromatic N) is 2. The number of imide groups is 1. The van der Waals surface area contributed by atoms with E-state index >= 15 is 0 Å². The largest absolute Gasteiger partial charge is 0.378 e. The lowest BCUT2D eigenvalue weighted by Crippen LogP contribution is -2.49. The van der Waals surface area contributed by atoms with Crippen LogP contribution in [0.2, 0.25) is 0 Å². The second-order valence-electron chi connectivity index (χ2n) is 10.2. The van der Waals surface area contributed by atoms with Crippen molar-refractivity contribution in [2.24, 2.45) is 11.8 Å². The van der Waals surface area contributed by atoms with E-state index in [4.69, 9.17) is 4.74 Å². The van der Waals surface area contributed by atoms with Gasteiger partial charge in [0.25, 0.3) is 0 Å². The average Bonchev–Trinajstić information content (AvgIpc) is 2.85. The number of urea groups is 1. The van der Waals surface area contributed by atoms with E-state index in [0.29, 0.717) is 26.1 Å². The van der Waals surface area contributed by atoms with Crippen LogP contribution in [0.3, 0.4) is 0 Å². The van der Waals surface area contributed by atoms with E-state index in [2.05, 4.69) is 24.5 Å². The second-order valence-corrected chi connectivity index (χ2v) is 10.2. The van der Waals surface area contributed by atoms with Gasteiger partial charge in [0.2, 0.25) is 5.91 Å². The first kappa shape index (κ1) is 31.1. The van der Waals surface area contributed by atoms with Crippen LogP contribution in [-0.4, -0.2) is 81.8 Å². The highest BCUT2D eigenvalue weighted by Crippen LogP contribution is 2.36. The molecule has 1 saturated carbocycles. The zero-order valence-corrected chi connectivity index (χ0v) is 23.2. The number of carbonyl (C=O) groups excluding carboxylic acids is 2. The van der Waals surface area contributed by atoms with Gasteiger partial charge in [0.05, 0.1) is 5.60 Å². The molecule has 35 heavy (non-hydrogen) atoms. The lowest BCUT2D eigenvalue weighted by Gasteiger charge is -2.38. The molecule has 0 aromatic heterocycles. The summed E-state index contributed by atoms with van der Waals surface area (Å²) in [6, 6.07) is 9.56. The number of nitrogens with one attached hydrogen (secondary N) is 2. The highest BCUT2D eigenvalue weighted by atomic mass is 16.5. The summed E-state index contributed by atoms with van der Waals surface area (Å²) < 4.78 is 5.60. The van der Waals surface area contributed by atoms with Gasteiger partial charge >= 0.3 is 6.03 Å². The molecule has 2 rings (SSSR count). The molecule has 0 spiro atoms. The Labute approximate surface area is 214 Å². The number of likely N-dealkylation sites (N-methyl/N-ethyl adjacent to an activating group) is 1. The molecule has 3 atom stereocenters. The van der Waals surface area contributed by atoms with Crippen LogP contribution in [0.15, 0.2) is 30.3 Å². The Hall–Kier alpha value is -1.96. The molecule has 0 saturated heterocycles. The van der Waals surface area contributed by atoms with Crippen LogP contribution >= 0.6 is 0 Å². The summed E-state index contributed by atoms with van der Waals surface area (Å²) >= 11 is 0. The van der Waals surface area contributed by atoms with E-state index in [1.165, 1.54) is 37.0 Å². The third-order valence-corrected chi connectivity index (χ3v) is 6.87. The predicted octanol–water partition coefficient (Wildman–Crippen LogP) is 4.18. The lowest BCUT2D eigenvalue weighted by molar-refractivity contribution is -0.131. The third kappa shape index (κ3) is 11.5. The van der Waals surface area contributed by atoms with Crippen LogP contribution in [-0.2, 0) is 16.0 Å². The summed E-state index contributed by atoms with van der Waals surface area (Å²) in [5, 5.41) is 5.82. The molecule has 1 aliphatic carbocycles. The van der Waals surface area contributed by atoms with Gasteiger partial charge in [-0.15, -0.1) is 0 Å². The maximum Gasteiger partial charge on any atom is 0.324 e. The highest BCUT2D eigenvalue weighted by Gasteiger charge is 2.32. The molecule has 200 valence electrons.